The summed E-state index contributed by atoms with van der Waals surface area (Å²) in [5, 5.41) is 0. The minimum absolute atomic E-state index is 0.140. The van der Waals surface area contributed by atoms with Gasteiger partial charge in [0.1, 0.15) is 17.1 Å². The Balaban J connectivity index is 2.18. The summed E-state index contributed by atoms with van der Waals surface area (Å²) < 4.78 is 17.4. The van der Waals surface area contributed by atoms with Crippen LogP contribution in [0.15, 0.2) is 45.3 Å². The fourth-order valence-electron chi connectivity index (χ4n) is 2.19. The van der Waals surface area contributed by atoms with Crippen LogP contribution in [0.1, 0.15) is 47.4 Å². The van der Waals surface area contributed by atoms with E-state index in [1.807, 2.05) is 0 Å². The molecule has 27 heavy (non-hydrogen) atoms. The molecule has 5 nitrogen and oxygen atoms in total. The van der Waals surface area contributed by atoms with Gasteiger partial charge in [0.05, 0.1) is 23.2 Å². The van der Waals surface area contributed by atoms with Gasteiger partial charge in [0.2, 0.25) is 0 Å². The molecule has 0 atom stereocenters. The summed E-state index contributed by atoms with van der Waals surface area (Å²) in [7, 11) is 0. The lowest BCUT2D eigenvalue weighted by atomic mass is 10.2. The van der Waals surface area contributed by atoms with E-state index in [-0.39, 0.29) is 17.9 Å². The Bertz CT molecular complexity index is 820. The molecular weight excluding hydrogens is 480 g/mol. The molecule has 0 radical (unpaired) electrons. The highest BCUT2D eigenvalue weighted by molar-refractivity contribution is 9.10. The Morgan fingerprint density at radius 3 is 2.37 bits per heavy atom. The minimum atomic E-state index is -0.580. The first-order valence-electron chi connectivity index (χ1n) is 8.57. The lowest BCUT2D eigenvalue weighted by Gasteiger charge is -2.11. The lowest BCUT2D eigenvalue weighted by Crippen LogP contribution is -2.13. The Hall–Kier alpha value is -1.86. The van der Waals surface area contributed by atoms with E-state index >= 15 is 0 Å². The number of rotatable bonds is 8. The maximum Gasteiger partial charge on any atom is 0.343 e. The van der Waals surface area contributed by atoms with E-state index in [9.17, 15) is 9.59 Å². The SMILES string of the molecule is CCCCOc1ccc(C(=O)Oc2ccc(Br)cc2C(=O)OCC)cc1Br. The Morgan fingerprint density at radius 1 is 0.963 bits per heavy atom. The maximum absolute atomic E-state index is 12.5. The summed E-state index contributed by atoms with van der Waals surface area (Å²) in [5.74, 6) is -0.331. The predicted octanol–water partition coefficient (Wildman–Crippen LogP) is 5.79. The van der Waals surface area contributed by atoms with Gasteiger partial charge in [0.15, 0.2) is 0 Å². The fourth-order valence-corrected chi connectivity index (χ4v) is 3.04. The van der Waals surface area contributed by atoms with E-state index in [2.05, 4.69) is 38.8 Å². The van der Waals surface area contributed by atoms with Gasteiger partial charge in [-0.25, -0.2) is 9.59 Å². The molecule has 2 aromatic carbocycles. The first-order chi connectivity index (χ1) is 13.0. The largest absolute Gasteiger partial charge is 0.492 e. The highest BCUT2D eigenvalue weighted by atomic mass is 79.9. The van der Waals surface area contributed by atoms with Crippen LogP contribution >= 0.6 is 31.9 Å². The van der Waals surface area contributed by atoms with Gasteiger partial charge >= 0.3 is 11.9 Å². The number of esters is 2. The van der Waals surface area contributed by atoms with Gasteiger partial charge in [-0.1, -0.05) is 29.3 Å². The molecule has 144 valence electrons. The highest BCUT2D eigenvalue weighted by Gasteiger charge is 2.19. The zero-order chi connectivity index (χ0) is 19.8. The normalized spacial score (nSPS) is 10.4. The van der Waals surface area contributed by atoms with Crippen molar-refractivity contribution in [3.63, 3.8) is 0 Å². The molecule has 0 aliphatic heterocycles. The molecule has 7 heteroatoms. The number of carbonyl (C=O) groups excluding carboxylic acids is 2. The van der Waals surface area contributed by atoms with E-state index in [1.165, 1.54) is 0 Å². The van der Waals surface area contributed by atoms with E-state index in [4.69, 9.17) is 14.2 Å². The predicted molar refractivity (Wildman–Crippen MR) is 110 cm³/mol. The molecule has 0 N–H and O–H groups in total. The lowest BCUT2D eigenvalue weighted by molar-refractivity contribution is 0.0520. The van der Waals surface area contributed by atoms with E-state index in [0.29, 0.717) is 26.9 Å². The Kier molecular flexibility index (Phi) is 8.31. The third-order valence-electron chi connectivity index (χ3n) is 3.56. The quantitative estimate of drug-likeness (QED) is 0.261. The van der Waals surface area contributed by atoms with Crippen molar-refractivity contribution in [2.45, 2.75) is 26.7 Å². The van der Waals surface area contributed by atoms with Gasteiger partial charge < -0.3 is 14.2 Å². The zero-order valence-corrected chi connectivity index (χ0v) is 18.3. The van der Waals surface area contributed by atoms with Crippen LogP contribution in [0.5, 0.6) is 11.5 Å². The van der Waals surface area contributed by atoms with Crippen molar-refractivity contribution < 1.29 is 23.8 Å². The molecule has 0 bridgehead atoms. The Labute approximate surface area is 175 Å². The van der Waals surface area contributed by atoms with Crippen LogP contribution < -0.4 is 9.47 Å². The standard InChI is InChI=1S/C20H20Br2O5/c1-3-5-10-26-18-8-6-13(11-16(18)22)19(23)27-17-9-7-14(21)12-15(17)20(24)25-4-2/h6-9,11-12H,3-5,10H2,1-2H3. The number of hydrogen-bond donors (Lipinski definition) is 0. The maximum atomic E-state index is 12.5. The number of hydrogen-bond acceptors (Lipinski definition) is 5. The van der Waals surface area contributed by atoms with Gasteiger partial charge in [-0.2, -0.15) is 0 Å². The van der Waals surface area contributed by atoms with Crippen LogP contribution in [-0.2, 0) is 4.74 Å². The monoisotopic (exact) mass is 498 g/mol. The molecule has 0 amide bonds. The van der Waals surface area contributed by atoms with Crippen molar-refractivity contribution in [2.75, 3.05) is 13.2 Å². The summed E-state index contributed by atoms with van der Waals surface area (Å²) in [6.45, 7) is 4.64. The first kappa shape index (κ1) is 21.4. The van der Waals surface area contributed by atoms with Crippen molar-refractivity contribution in [3.05, 3.63) is 56.5 Å². The Morgan fingerprint density at radius 2 is 1.70 bits per heavy atom. The first-order valence-corrected chi connectivity index (χ1v) is 10.2. The van der Waals surface area contributed by atoms with Crippen molar-refractivity contribution in [2.24, 2.45) is 0 Å². The second-order valence-corrected chi connectivity index (χ2v) is 7.37. The van der Waals surface area contributed by atoms with Crippen molar-refractivity contribution in [1.29, 1.82) is 0 Å². The van der Waals surface area contributed by atoms with E-state index < -0.39 is 11.9 Å². The van der Waals surface area contributed by atoms with Gasteiger partial charge in [0.25, 0.3) is 0 Å². The molecule has 0 saturated carbocycles. The van der Waals surface area contributed by atoms with Crippen molar-refractivity contribution in [3.8, 4) is 11.5 Å². The van der Waals surface area contributed by atoms with Crippen LogP contribution in [0.2, 0.25) is 0 Å². The molecular formula is C20H20Br2O5. The molecule has 2 aromatic rings. The molecule has 0 heterocycles. The highest BCUT2D eigenvalue weighted by Crippen LogP contribution is 2.28. The number of benzene rings is 2. The average molecular weight is 500 g/mol. The second kappa shape index (κ2) is 10.5. The third-order valence-corrected chi connectivity index (χ3v) is 4.68. The summed E-state index contributed by atoms with van der Waals surface area (Å²) in [6.07, 6.45) is 1.99. The van der Waals surface area contributed by atoms with Crippen LogP contribution in [0.4, 0.5) is 0 Å². The third kappa shape index (κ3) is 6.07. The fraction of sp³-hybridized carbons (Fsp3) is 0.300. The van der Waals surface area contributed by atoms with Gasteiger partial charge in [-0.3, -0.25) is 0 Å². The second-order valence-electron chi connectivity index (χ2n) is 5.60. The topological polar surface area (TPSA) is 61.8 Å². The molecule has 0 aliphatic carbocycles. The van der Waals surface area contributed by atoms with Crippen LogP contribution in [-0.4, -0.2) is 25.2 Å². The molecule has 0 fully saturated rings. The smallest absolute Gasteiger partial charge is 0.343 e. The van der Waals surface area contributed by atoms with E-state index in [1.54, 1.807) is 43.3 Å². The number of unbranched alkanes of at least 4 members (excludes halogenated alkanes) is 1. The van der Waals surface area contributed by atoms with E-state index in [0.717, 1.165) is 12.8 Å². The van der Waals surface area contributed by atoms with Crippen LogP contribution in [0.3, 0.4) is 0 Å². The van der Waals surface area contributed by atoms with Gasteiger partial charge in [-0.15, -0.1) is 0 Å². The molecule has 0 aromatic heterocycles. The van der Waals surface area contributed by atoms with Crippen LogP contribution in [0.25, 0.3) is 0 Å². The molecule has 2 rings (SSSR count). The van der Waals surface area contributed by atoms with Gasteiger partial charge in [-0.05, 0) is 65.7 Å². The summed E-state index contributed by atoms with van der Waals surface area (Å²) in [5.41, 5.74) is 0.514. The van der Waals surface area contributed by atoms with Crippen molar-refractivity contribution >= 4 is 43.8 Å². The van der Waals surface area contributed by atoms with Crippen LogP contribution in [0, 0.1) is 0 Å². The van der Waals surface area contributed by atoms with Gasteiger partial charge in [0, 0.05) is 4.47 Å². The molecule has 0 unspecified atom stereocenters. The summed E-state index contributed by atoms with van der Waals surface area (Å²) in [6, 6.07) is 9.76. The molecule has 0 spiro atoms. The minimum Gasteiger partial charge on any atom is -0.492 e. The number of ether oxygens (including phenoxy) is 3. The number of halogens is 2. The number of carbonyl (C=O) groups is 2. The molecule has 0 saturated heterocycles. The zero-order valence-electron chi connectivity index (χ0n) is 15.1. The summed E-state index contributed by atoms with van der Waals surface area (Å²) in [4.78, 5) is 24.6. The van der Waals surface area contributed by atoms with Crippen molar-refractivity contribution in [1.82, 2.24) is 0 Å². The average Bonchev–Trinajstić information content (AvgIpc) is 2.64. The summed E-state index contributed by atoms with van der Waals surface area (Å²) >= 11 is 6.71. The molecule has 0 aliphatic rings.